The Bertz CT molecular complexity index is 573. The topological polar surface area (TPSA) is 92.0 Å². The van der Waals surface area contributed by atoms with Crippen molar-refractivity contribution in [3.8, 4) is 5.75 Å². The van der Waals surface area contributed by atoms with Crippen molar-refractivity contribution >= 4 is 12.2 Å². The highest BCUT2D eigenvalue weighted by atomic mass is 16.5. The highest BCUT2D eigenvalue weighted by Crippen LogP contribution is 2.22. The number of methoxy groups -OCH3 is 1. The molecule has 108 valence electrons. The number of carbonyl (C=O) groups excluding carboxylic acids is 1. The molecule has 1 aromatic rings. The maximum Gasteiger partial charge on any atom is 0.356 e. The van der Waals surface area contributed by atoms with Gasteiger partial charge < -0.3 is 14.9 Å². The van der Waals surface area contributed by atoms with Crippen LogP contribution in [0.2, 0.25) is 0 Å². The van der Waals surface area contributed by atoms with Crippen LogP contribution in [0.4, 0.5) is 0 Å². The molecule has 1 heterocycles. The zero-order valence-electron chi connectivity index (χ0n) is 12.0. The van der Waals surface area contributed by atoms with E-state index < -0.39 is 5.97 Å². The Labute approximate surface area is 117 Å². The van der Waals surface area contributed by atoms with Crippen LogP contribution in [-0.2, 0) is 16.1 Å². The van der Waals surface area contributed by atoms with E-state index in [1.54, 1.807) is 20.8 Å². The molecule has 0 aliphatic carbocycles. The zero-order valence-corrected chi connectivity index (χ0v) is 12.0. The van der Waals surface area contributed by atoms with Crippen LogP contribution in [0, 0.1) is 6.92 Å². The smallest absolute Gasteiger partial charge is 0.356 e. The molecular formula is C14H18N2O4. The molecule has 6 heteroatoms. The third kappa shape index (κ3) is 3.42. The van der Waals surface area contributed by atoms with Gasteiger partial charge in [-0.05, 0) is 26.3 Å². The highest BCUT2D eigenvalue weighted by Gasteiger charge is 2.12. The van der Waals surface area contributed by atoms with E-state index in [1.165, 1.54) is 19.5 Å². The Balaban J connectivity index is 3.28. The summed E-state index contributed by atoms with van der Waals surface area (Å²) in [6.45, 7) is 4.81. The third-order valence-electron chi connectivity index (χ3n) is 2.70. The van der Waals surface area contributed by atoms with Gasteiger partial charge in [0, 0.05) is 23.5 Å². The summed E-state index contributed by atoms with van der Waals surface area (Å²) < 4.78 is 4.64. The summed E-state index contributed by atoms with van der Waals surface area (Å²) in [6, 6.07) is 0. The van der Waals surface area contributed by atoms with Gasteiger partial charge >= 0.3 is 5.97 Å². The molecule has 0 fully saturated rings. The van der Waals surface area contributed by atoms with E-state index in [-0.39, 0.29) is 18.1 Å². The normalized spacial score (nSPS) is 10.7. The average molecular weight is 278 g/mol. The summed E-state index contributed by atoms with van der Waals surface area (Å²) in [5.74, 6) is -0.629. The van der Waals surface area contributed by atoms with Crippen LogP contribution in [0.25, 0.3) is 0 Å². The molecule has 2 N–H and O–H groups in total. The molecule has 0 bridgehead atoms. The van der Waals surface area contributed by atoms with E-state index in [9.17, 15) is 15.0 Å². The van der Waals surface area contributed by atoms with Crippen molar-refractivity contribution in [2.75, 3.05) is 7.11 Å². The van der Waals surface area contributed by atoms with Gasteiger partial charge in [0.05, 0.1) is 19.4 Å². The number of esters is 1. The number of aliphatic hydroxyl groups excluding tert-OH is 1. The first-order chi connectivity index (χ1) is 9.42. The first-order valence-corrected chi connectivity index (χ1v) is 6.00. The lowest BCUT2D eigenvalue weighted by molar-refractivity contribution is -0.136. The van der Waals surface area contributed by atoms with Gasteiger partial charge in [0.25, 0.3) is 0 Å². The van der Waals surface area contributed by atoms with E-state index in [2.05, 4.69) is 14.7 Å². The highest BCUT2D eigenvalue weighted by molar-refractivity contribution is 5.94. The van der Waals surface area contributed by atoms with Crippen molar-refractivity contribution in [2.24, 2.45) is 4.99 Å². The molecule has 1 rings (SSSR count). The molecule has 0 radical (unpaired) electrons. The largest absolute Gasteiger partial charge is 0.505 e. The molecule has 0 spiro atoms. The fourth-order valence-electron chi connectivity index (χ4n) is 1.53. The summed E-state index contributed by atoms with van der Waals surface area (Å²) in [5, 5.41) is 19.2. The minimum absolute atomic E-state index is 0.0710. The lowest BCUT2D eigenvalue weighted by Gasteiger charge is -2.07. The second kappa shape index (κ2) is 6.81. The Morgan fingerprint density at radius 3 is 2.65 bits per heavy atom. The third-order valence-corrected chi connectivity index (χ3v) is 2.70. The molecule has 0 amide bonds. The molecule has 6 nitrogen and oxygen atoms in total. The van der Waals surface area contributed by atoms with Crippen LogP contribution in [0.3, 0.4) is 0 Å². The number of carbonyl (C=O) groups is 1. The van der Waals surface area contributed by atoms with Gasteiger partial charge in [-0.25, -0.2) is 9.79 Å². The number of allylic oxidation sites excluding steroid dienone is 1. The molecular weight excluding hydrogens is 260 g/mol. The number of aromatic nitrogens is 1. The number of aryl methyl sites for hydroxylation is 1. The summed E-state index contributed by atoms with van der Waals surface area (Å²) in [6.07, 6.45) is 2.78. The second-order valence-electron chi connectivity index (χ2n) is 4.39. The number of pyridine rings is 1. The Morgan fingerprint density at radius 1 is 1.50 bits per heavy atom. The summed E-state index contributed by atoms with van der Waals surface area (Å²) in [5.41, 5.74) is 2.02. The van der Waals surface area contributed by atoms with Crippen molar-refractivity contribution in [1.82, 2.24) is 4.98 Å². The molecule has 0 aliphatic heterocycles. The van der Waals surface area contributed by atoms with Crippen LogP contribution >= 0.6 is 0 Å². The fourth-order valence-corrected chi connectivity index (χ4v) is 1.53. The number of aliphatic imine (C=N–C) groups is 1. The van der Waals surface area contributed by atoms with Gasteiger partial charge in [0.1, 0.15) is 11.4 Å². The second-order valence-corrected chi connectivity index (χ2v) is 4.39. The van der Waals surface area contributed by atoms with Crippen molar-refractivity contribution < 1.29 is 19.7 Å². The van der Waals surface area contributed by atoms with E-state index in [0.29, 0.717) is 22.4 Å². The first-order valence-electron chi connectivity index (χ1n) is 6.00. The molecule has 0 aliphatic rings. The Hall–Kier alpha value is -2.21. The molecule has 0 saturated heterocycles. The Kier molecular flexibility index (Phi) is 5.40. The summed E-state index contributed by atoms with van der Waals surface area (Å²) in [7, 11) is 1.27. The number of hydrogen-bond acceptors (Lipinski definition) is 6. The standard InChI is InChI=1S/C14H18N2O4/c1-8(2)12(14(19)20-4)16-6-11-10(7-17)5-15-9(3)13(11)18/h5-6,17-18H,7H2,1-4H3. The van der Waals surface area contributed by atoms with Crippen LogP contribution in [0.5, 0.6) is 5.75 Å². The van der Waals surface area contributed by atoms with Gasteiger partial charge in [-0.1, -0.05) is 0 Å². The van der Waals surface area contributed by atoms with Gasteiger partial charge in [-0.3, -0.25) is 4.98 Å². The minimum atomic E-state index is -0.558. The maximum absolute atomic E-state index is 11.6. The van der Waals surface area contributed by atoms with Crippen molar-refractivity contribution in [3.63, 3.8) is 0 Å². The summed E-state index contributed by atoms with van der Waals surface area (Å²) in [4.78, 5) is 19.6. The van der Waals surface area contributed by atoms with Gasteiger partial charge in [0.15, 0.2) is 0 Å². The molecule has 0 aromatic carbocycles. The lowest BCUT2D eigenvalue weighted by Crippen LogP contribution is -2.05. The van der Waals surface area contributed by atoms with Crippen molar-refractivity contribution in [2.45, 2.75) is 27.4 Å². The minimum Gasteiger partial charge on any atom is -0.505 e. The van der Waals surface area contributed by atoms with Gasteiger partial charge in [-0.15, -0.1) is 0 Å². The van der Waals surface area contributed by atoms with Crippen LogP contribution in [-0.4, -0.2) is 34.5 Å². The number of ether oxygens (including phenoxy) is 1. The van der Waals surface area contributed by atoms with Crippen molar-refractivity contribution in [3.05, 3.63) is 34.3 Å². The van der Waals surface area contributed by atoms with Crippen molar-refractivity contribution in [1.29, 1.82) is 0 Å². The van der Waals surface area contributed by atoms with Crippen LogP contribution in [0.1, 0.15) is 30.7 Å². The number of aliphatic hydroxyl groups is 1. The monoisotopic (exact) mass is 278 g/mol. The van der Waals surface area contributed by atoms with E-state index >= 15 is 0 Å². The fraction of sp³-hybridized carbons (Fsp3) is 0.357. The zero-order chi connectivity index (χ0) is 15.3. The molecule has 20 heavy (non-hydrogen) atoms. The lowest BCUT2D eigenvalue weighted by atomic mass is 10.1. The van der Waals surface area contributed by atoms with E-state index in [0.717, 1.165) is 0 Å². The molecule has 0 atom stereocenters. The molecule has 0 saturated carbocycles. The van der Waals surface area contributed by atoms with E-state index in [4.69, 9.17) is 0 Å². The average Bonchev–Trinajstić information content (AvgIpc) is 2.42. The van der Waals surface area contributed by atoms with Gasteiger partial charge in [0.2, 0.25) is 0 Å². The molecule has 0 unspecified atom stereocenters. The maximum atomic E-state index is 11.6. The quantitative estimate of drug-likeness (QED) is 0.494. The predicted octanol–water partition coefficient (Wildman–Crippen LogP) is 1.47. The first kappa shape index (κ1) is 15.8. The Morgan fingerprint density at radius 2 is 2.15 bits per heavy atom. The number of rotatable bonds is 4. The number of nitrogens with zero attached hydrogens (tertiary/aromatic N) is 2. The van der Waals surface area contributed by atoms with Crippen LogP contribution in [0.15, 0.2) is 22.5 Å². The summed E-state index contributed by atoms with van der Waals surface area (Å²) >= 11 is 0. The predicted molar refractivity (Wildman–Crippen MR) is 74.5 cm³/mol. The number of aromatic hydroxyl groups is 1. The molecule has 1 aromatic heterocycles. The van der Waals surface area contributed by atoms with Crippen LogP contribution < -0.4 is 0 Å². The van der Waals surface area contributed by atoms with E-state index in [1.807, 2.05) is 0 Å². The number of hydrogen-bond donors (Lipinski definition) is 2. The SMILES string of the molecule is COC(=O)C(N=Cc1c(CO)cnc(C)c1O)=C(C)C. The van der Waals surface area contributed by atoms with Gasteiger partial charge in [-0.2, -0.15) is 0 Å².